The number of rotatable bonds is 4. The van der Waals surface area contributed by atoms with Gasteiger partial charge in [0.25, 0.3) is 0 Å². The van der Waals surface area contributed by atoms with Crippen LogP contribution >= 0.6 is 0 Å². The second kappa shape index (κ2) is 5.48. The standard InChI is InChI=1S/C16H19NO4/c1-2-9-5-3-4-6-10(9)17-15(18)13-11-7-8-12(21-11)14(13)16(19)20/h3-6,11-14H,2,7-8H2,1H3,(H,17,18)(H,19,20)/t11-,12+,13?,14?/m1/s1. The van der Waals surface area contributed by atoms with Gasteiger partial charge in [-0.15, -0.1) is 0 Å². The van der Waals surface area contributed by atoms with E-state index in [-0.39, 0.29) is 18.1 Å². The van der Waals surface area contributed by atoms with Gasteiger partial charge in [0.1, 0.15) is 0 Å². The fraction of sp³-hybridized carbons (Fsp3) is 0.500. The number of carbonyl (C=O) groups excluding carboxylic acids is 1. The van der Waals surface area contributed by atoms with E-state index in [1.807, 2.05) is 31.2 Å². The molecular weight excluding hydrogens is 270 g/mol. The van der Waals surface area contributed by atoms with Gasteiger partial charge in [0.2, 0.25) is 5.91 Å². The number of carbonyl (C=O) groups is 2. The molecule has 0 aromatic heterocycles. The van der Waals surface area contributed by atoms with Crippen LogP contribution in [0.3, 0.4) is 0 Å². The van der Waals surface area contributed by atoms with E-state index in [0.717, 1.165) is 30.5 Å². The maximum absolute atomic E-state index is 12.5. The molecule has 4 atom stereocenters. The van der Waals surface area contributed by atoms with Crippen LogP contribution in [0, 0.1) is 11.8 Å². The minimum Gasteiger partial charge on any atom is -0.481 e. The highest BCUT2D eigenvalue weighted by molar-refractivity contribution is 5.96. The van der Waals surface area contributed by atoms with Gasteiger partial charge in [-0.1, -0.05) is 25.1 Å². The summed E-state index contributed by atoms with van der Waals surface area (Å²) in [6.45, 7) is 2.02. The first-order chi connectivity index (χ1) is 10.1. The van der Waals surface area contributed by atoms with Gasteiger partial charge in [0.15, 0.2) is 0 Å². The number of carboxylic acid groups (broad SMARTS) is 1. The van der Waals surface area contributed by atoms with Gasteiger partial charge in [0.05, 0.1) is 24.0 Å². The average molecular weight is 289 g/mol. The van der Waals surface area contributed by atoms with Crippen LogP contribution < -0.4 is 5.32 Å². The lowest BCUT2D eigenvalue weighted by Crippen LogP contribution is -2.41. The summed E-state index contributed by atoms with van der Waals surface area (Å²) in [7, 11) is 0. The number of benzene rings is 1. The summed E-state index contributed by atoms with van der Waals surface area (Å²) < 4.78 is 5.63. The SMILES string of the molecule is CCc1ccccc1NC(=O)C1C(C(=O)O)[C@@H]2CC[C@H]1O2. The number of hydrogen-bond acceptors (Lipinski definition) is 3. The molecule has 112 valence electrons. The zero-order chi connectivity index (χ0) is 15.0. The van der Waals surface area contributed by atoms with Crippen molar-refractivity contribution in [1.82, 2.24) is 0 Å². The molecule has 3 rings (SSSR count). The Hall–Kier alpha value is -1.88. The van der Waals surface area contributed by atoms with Crippen molar-refractivity contribution in [3.8, 4) is 0 Å². The lowest BCUT2D eigenvalue weighted by Gasteiger charge is -2.24. The van der Waals surface area contributed by atoms with Crippen molar-refractivity contribution >= 4 is 17.6 Å². The molecule has 2 unspecified atom stereocenters. The largest absolute Gasteiger partial charge is 0.481 e. The smallest absolute Gasteiger partial charge is 0.310 e. The first-order valence-corrected chi connectivity index (χ1v) is 7.39. The molecule has 0 aliphatic carbocycles. The summed E-state index contributed by atoms with van der Waals surface area (Å²) in [4.78, 5) is 24.0. The zero-order valence-electron chi connectivity index (χ0n) is 11.9. The first kappa shape index (κ1) is 14.1. The average Bonchev–Trinajstić information content (AvgIpc) is 3.08. The third-order valence-electron chi connectivity index (χ3n) is 4.52. The van der Waals surface area contributed by atoms with Crippen LogP contribution in [0.15, 0.2) is 24.3 Å². The van der Waals surface area contributed by atoms with Crippen LogP contribution in [0.25, 0.3) is 0 Å². The van der Waals surface area contributed by atoms with E-state index in [2.05, 4.69) is 5.32 Å². The van der Waals surface area contributed by atoms with Gasteiger partial charge in [0, 0.05) is 5.69 Å². The van der Waals surface area contributed by atoms with Crippen molar-refractivity contribution in [1.29, 1.82) is 0 Å². The lowest BCUT2D eigenvalue weighted by atomic mass is 9.78. The van der Waals surface area contributed by atoms with Crippen molar-refractivity contribution < 1.29 is 19.4 Å². The summed E-state index contributed by atoms with van der Waals surface area (Å²) in [6, 6.07) is 7.60. The predicted molar refractivity (Wildman–Crippen MR) is 77.0 cm³/mol. The molecule has 0 spiro atoms. The molecule has 5 heteroatoms. The van der Waals surface area contributed by atoms with Crippen LogP contribution in [0.2, 0.25) is 0 Å². The van der Waals surface area contributed by atoms with Crippen molar-refractivity contribution in [2.75, 3.05) is 5.32 Å². The van der Waals surface area contributed by atoms with Gasteiger partial charge < -0.3 is 15.2 Å². The fourth-order valence-corrected chi connectivity index (χ4v) is 3.49. The van der Waals surface area contributed by atoms with E-state index < -0.39 is 17.8 Å². The molecule has 5 nitrogen and oxygen atoms in total. The Morgan fingerprint density at radius 2 is 1.90 bits per heavy atom. The quantitative estimate of drug-likeness (QED) is 0.889. The number of fused-ring (bicyclic) bond motifs is 2. The van der Waals surface area contributed by atoms with E-state index in [1.165, 1.54) is 0 Å². The number of aliphatic carboxylic acids is 1. The Morgan fingerprint density at radius 3 is 2.57 bits per heavy atom. The molecule has 1 aromatic rings. The maximum Gasteiger partial charge on any atom is 0.310 e. The van der Waals surface area contributed by atoms with Gasteiger partial charge in [-0.25, -0.2) is 0 Å². The van der Waals surface area contributed by atoms with Crippen LogP contribution in [0.1, 0.15) is 25.3 Å². The zero-order valence-corrected chi connectivity index (χ0v) is 11.9. The molecule has 2 heterocycles. The Bertz CT molecular complexity index is 571. The summed E-state index contributed by atoms with van der Waals surface area (Å²) in [5.41, 5.74) is 1.80. The molecule has 1 aromatic carbocycles. The lowest BCUT2D eigenvalue weighted by molar-refractivity contribution is -0.147. The number of hydrogen-bond donors (Lipinski definition) is 2. The number of para-hydroxylation sites is 1. The topological polar surface area (TPSA) is 75.6 Å². The molecular formula is C16H19NO4. The summed E-state index contributed by atoms with van der Waals surface area (Å²) in [6.07, 6.45) is 1.74. The Morgan fingerprint density at radius 1 is 1.24 bits per heavy atom. The van der Waals surface area contributed by atoms with Crippen LogP contribution in [-0.2, 0) is 20.7 Å². The molecule has 2 saturated heterocycles. The Labute approximate surface area is 123 Å². The van der Waals surface area contributed by atoms with Crippen molar-refractivity contribution in [2.45, 2.75) is 38.4 Å². The summed E-state index contributed by atoms with van der Waals surface area (Å²) in [5.74, 6) is -2.50. The van der Waals surface area contributed by atoms with E-state index in [0.29, 0.717) is 0 Å². The van der Waals surface area contributed by atoms with Crippen molar-refractivity contribution in [3.05, 3.63) is 29.8 Å². The van der Waals surface area contributed by atoms with Gasteiger partial charge in [-0.3, -0.25) is 9.59 Å². The molecule has 2 aliphatic heterocycles. The van der Waals surface area contributed by atoms with Crippen molar-refractivity contribution in [3.63, 3.8) is 0 Å². The minimum atomic E-state index is -0.939. The van der Waals surface area contributed by atoms with E-state index in [9.17, 15) is 14.7 Å². The molecule has 2 bridgehead atoms. The maximum atomic E-state index is 12.5. The predicted octanol–water partition coefficient (Wildman–Crippen LogP) is 2.07. The van der Waals surface area contributed by atoms with E-state index in [4.69, 9.17) is 4.74 Å². The van der Waals surface area contributed by atoms with Crippen LogP contribution in [-0.4, -0.2) is 29.2 Å². The third kappa shape index (κ3) is 2.42. The van der Waals surface area contributed by atoms with E-state index in [1.54, 1.807) is 0 Å². The monoisotopic (exact) mass is 289 g/mol. The highest BCUT2D eigenvalue weighted by atomic mass is 16.5. The second-order valence-electron chi connectivity index (χ2n) is 5.68. The summed E-state index contributed by atoms with van der Waals surface area (Å²) in [5, 5.41) is 12.3. The fourth-order valence-electron chi connectivity index (χ4n) is 3.49. The van der Waals surface area contributed by atoms with Gasteiger partial charge >= 0.3 is 5.97 Å². The normalized spacial score (nSPS) is 30.3. The molecule has 2 N–H and O–H groups in total. The van der Waals surface area contributed by atoms with Gasteiger partial charge in [-0.2, -0.15) is 0 Å². The second-order valence-corrected chi connectivity index (χ2v) is 5.68. The number of amides is 1. The third-order valence-corrected chi connectivity index (χ3v) is 4.52. The van der Waals surface area contributed by atoms with Crippen LogP contribution in [0.5, 0.6) is 0 Å². The molecule has 0 saturated carbocycles. The number of ether oxygens (including phenoxy) is 1. The van der Waals surface area contributed by atoms with E-state index >= 15 is 0 Å². The molecule has 2 aliphatic rings. The van der Waals surface area contributed by atoms with Gasteiger partial charge in [-0.05, 0) is 30.9 Å². The first-order valence-electron chi connectivity index (χ1n) is 7.39. The number of anilines is 1. The summed E-state index contributed by atoms with van der Waals surface area (Å²) >= 11 is 0. The highest BCUT2D eigenvalue weighted by Crippen LogP contribution is 2.44. The molecule has 1 amide bonds. The molecule has 21 heavy (non-hydrogen) atoms. The Balaban J connectivity index is 1.80. The van der Waals surface area contributed by atoms with Crippen molar-refractivity contribution in [2.24, 2.45) is 11.8 Å². The Kier molecular flexibility index (Phi) is 3.68. The number of carboxylic acids is 1. The minimum absolute atomic E-state index is 0.240. The molecule has 0 radical (unpaired) electrons. The van der Waals surface area contributed by atoms with Crippen LogP contribution in [0.4, 0.5) is 5.69 Å². The highest BCUT2D eigenvalue weighted by Gasteiger charge is 2.55. The number of nitrogens with one attached hydrogen (secondary N) is 1. The number of aryl methyl sites for hydroxylation is 1. The molecule has 2 fully saturated rings.